The van der Waals surface area contributed by atoms with Gasteiger partial charge >= 0.3 is 17.9 Å². The molecule has 318 valence electrons. The fraction of sp³-hybridized carbons (Fsp3) is 0.643. The van der Waals surface area contributed by atoms with Crippen molar-refractivity contribution in [2.24, 2.45) is 0 Å². The number of ether oxygens (including phenoxy) is 5. The third-order valence-corrected chi connectivity index (χ3v) is 8.97. The zero-order chi connectivity index (χ0) is 42.6. The van der Waals surface area contributed by atoms with Gasteiger partial charge in [-0.1, -0.05) is 18.2 Å². The molecule has 0 radical (unpaired) electrons. The number of hydrogen-bond donors (Lipinski definition) is 0. The maximum Gasteiger partial charge on any atom is 0.320 e. The minimum atomic E-state index is -0.717. The highest BCUT2D eigenvalue weighted by Crippen LogP contribution is 2.28. The molecule has 1 saturated heterocycles. The molecule has 0 amide bonds. The lowest BCUT2D eigenvalue weighted by Crippen LogP contribution is -2.50. The van der Waals surface area contributed by atoms with Gasteiger partial charge in [-0.2, -0.15) is 0 Å². The highest BCUT2D eigenvalue weighted by Gasteiger charge is 2.30. The Morgan fingerprint density at radius 3 is 1.61 bits per heavy atom. The van der Waals surface area contributed by atoms with Crippen molar-refractivity contribution in [3.05, 3.63) is 63.7 Å². The van der Waals surface area contributed by atoms with Crippen molar-refractivity contribution in [1.82, 2.24) is 19.6 Å². The number of carbonyl (C=O) groups is 3. The molecule has 1 aliphatic heterocycles. The standard InChI is InChI=1S/C42H65N5O10/c1-40(2,3)55-37(48)28-44-20-18-43(19-21-45(23-22-44)29-38(49)56-41(4,5)6)27-34(24-31-12-15-33(16-13-31)47(51)52)46(30-39(50)57-42(7,8)9)26-32-14-17-35(53-10)25-36(32)54-11/h12-17,25,34H,18-24,26-30H2,1-11H3/t34-/m0/s1. The number of nitro benzene ring substituents is 1. The second kappa shape index (κ2) is 20.9. The smallest absolute Gasteiger partial charge is 0.320 e. The molecule has 57 heavy (non-hydrogen) atoms. The number of methoxy groups -OCH3 is 2. The SMILES string of the molecule is COc1ccc(CN(CC(=O)OC(C)(C)C)[C@@H](Cc2ccc([N+](=O)[O-])cc2)CN2CCN(CC(=O)OC(C)(C)C)CCN(CC(=O)OC(C)(C)C)CC2)c(OC)c1. The Hall–Kier alpha value is -4.31. The van der Waals surface area contributed by atoms with Crippen molar-refractivity contribution in [3.63, 3.8) is 0 Å². The summed E-state index contributed by atoms with van der Waals surface area (Å²) in [6, 6.07) is 11.7. The first-order valence-electron chi connectivity index (χ1n) is 19.5. The van der Waals surface area contributed by atoms with Gasteiger partial charge in [0.2, 0.25) is 0 Å². The van der Waals surface area contributed by atoms with Gasteiger partial charge in [0.15, 0.2) is 0 Å². The van der Waals surface area contributed by atoms with Gasteiger partial charge in [0.25, 0.3) is 5.69 Å². The van der Waals surface area contributed by atoms with E-state index >= 15 is 0 Å². The summed E-state index contributed by atoms with van der Waals surface area (Å²) < 4.78 is 28.4. The van der Waals surface area contributed by atoms with Gasteiger partial charge < -0.3 is 23.7 Å². The molecule has 0 unspecified atom stereocenters. The number of esters is 3. The molecule has 2 aromatic rings. The summed E-state index contributed by atoms with van der Waals surface area (Å²) in [5.74, 6) is 0.150. The van der Waals surface area contributed by atoms with Crippen molar-refractivity contribution in [2.45, 2.75) is 98.1 Å². The third kappa shape index (κ3) is 17.8. The number of carbonyl (C=O) groups excluding carboxylic acids is 3. The monoisotopic (exact) mass is 799 g/mol. The minimum absolute atomic E-state index is 0.0148. The predicted molar refractivity (Wildman–Crippen MR) is 217 cm³/mol. The zero-order valence-corrected chi connectivity index (χ0v) is 35.9. The Bertz CT molecular complexity index is 1590. The molecule has 0 bridgehead atoms. The fourth-order valence-electron chi connectivity index (χ4n) is 6.48. The average molecular weight is 800 g/mol. The predicted octanol–water partition coefficient (Wildman–Crippen LogP) is 4.97. The van der Waals surface area contributed by atoms with E-state index < -0.39 is 27.7 Å². The molecular weight excluding hydrogens is 734 g/mol. The molecule has 1 heterocycles. The second-order valence-corrected chi connectivity index (χ2v) is 17.5. The highest BCUT2D eigenvalue weighted by molar-refractivity contribution is 5.73. The minimum Gasteiger partial charge on any atom is -0.497 e. The first-order valence-corrected chi connectivity index (χ1v) is 19.5. The quantitative estimate of drug-likeness (QED) is 0.0972. The summed E-state index contributed by atoms with van der Waals surface area (Å²) in [6.45, 7) is 20.7. The molecule has 0 aliphatic carbocycles. The van der Waals surface area contributed by atoms with Crippen LogP contribution in [0.5, 0.6) is 11.5 Å². The van der Waals surface area contributed by atoms with E-state index in [1.165, 1.54) is 12.1 Å². The summed E-state index contributed by atoms with van der Waals surface area (Å²) in [7, 11) is 3.17. The van der Waals surface area contributed by atoms with Crippen LogP contribution in [0, 0.1) is 10.1 Å². The molecular formula is C42H65N5O10. The topological polar surface area (TPSA) is 153 Å². The molecule has 15 heteroatoms. The van der Waals surface area contributed by atoms with E-state index in [0.717, 1.165) is 11.1 Å². The molecule has 1 atom stereocenters. The number of rotatable bonds is 16. The summed E-state index contributed by atoms with van der Waals surface area (Å²) in [6.07, 6.45) is 0.443. The number of nitrogens with zero attached hydrogens (tertiary/aromatic N) is 5. The van der Waals surface area contributed by atoms with Crippen LogP contribution < -0.4 is 9.47 Å². The molecule has 0 N–H and O–H groups in total. The molecule has 15 nitrogen and oxygen atoms in total. The van der Waals surface area contributed by atoms with Gasteiger partial charge in [-0.3, -0.25) is 44.1 Å². The summed E-state index contributed by atoms with van der Waals surface area (Å²) in [5.41, 5.74) is -0.332. The van der Waals surface area contributed by atoms with Gasteiger partial charge in [-0.25, -0.2) is 0 Å². The number of hydrogen-bond acceptors (Lipinski definition) is 14. The Balaban J connectivity index is 2.05. The van der Waals surface area contributed by atoms with Crippen LogP contribution in [0.2, 0.25) is 0 Å². The third-order valence-electron chi connectivity index (χ3n) is 8.97. The van der Waals surface area contributed by atoms with E-state index in [4.69, 9.17) is 23.7 Å². The lowest BCUT2D eigenvalue weighted by molar-refractivity contribution is -0.384. The van der Waals surface area contributed by atoms with Crippen LogP contribution in [-0.2, 0) is 41.6 Å². The fourth-order valence-corrected chi connectivity index (χ4v) is 6.48. The number of non-ortho nitro benzene ring substituents is 1. The molecule has 3 rings (SSSR count). The molecule has 1 aliphatic rings. The zero-order valence-electron chi connectivity index (χ0n) is 35.9. The molecule has 1 fully saturated rings. The Morgan fingerprint density at radius 1 is 0.702 bits per heavy atom. The van der Waals surface area contributed by atoms with Gasteiger partial charge in [0, 0.05) is 82.2 Å². The van der Waals surface area contributed by atoms with Gasteiger partial charge in [-0.05, 0) is 80.4 Å². The maximum atomic E-state index is 13.6. The van der Waals surface area contributed by atoms with E-state index in [2.05, 4.69) is 9.80 Å². The maximum absolute atomic E-state index is 13.6. The van der Waals surface area contributed by atoms with Crippen molar-refractivity contribution < 1.29 is 43.0 Å². The van der Waals surface area contributed by atoms with E-state index in [-0.39, 0.29) is 43.3 Å². The van der Waals surface area contributed by atoms with Crippen LogP contribution in [0.3, 0.4) is 0 Å². The Morgan fingerprint density at radius 2 is 1.18 bits per heavy atom. The van der Waals surface area contributed by atoms with Crippen molar-refractivity contribution in [3.8, 4) is 11.5 Å². The molecule has 0 aromatic heterocycles. The molecule has 0 saturated carbocycles. The number of benzene rings is 2. The van der Waals surface area contributed by atoms with Gasteiger partial charge in [0.1, 0.15) is 28.3 Å². The van der Waals surface area contributed by atoms with E-state index in [1.807, 2.05) is 84.2 Å². The first-order chi connectivity index (χ1) is 26.5. The average Bonchev–Trinajstić information content (AvgIpc) is 3.16. The van der Waals surface area contributed by atoms with E-state index in [9.17, 15) is 24.5 Å². The Kier molecular flexibility index (Phi) is 17.3. The van der Waals surface area contributed by atoms with Crippen LogP contribution >= 0.6 is 0 Å². The van der Waals surface area contributed by atoms with Gasteiger partial charge in [-0.15, -0.1) is 0 Å². The second-order valence-electron chi connectivity index (χ2n) is 17.5. The lowest BCUT2D eigenvalue weighted by Gasteiger charge is -2.37. The van der Waals surface area contributed by atoms with Gasteiger partial charge in [0.05, 0.1) is 38.8 Å². The highest BCUT2D eigenvalue weighted by atomic mass is 16.6. The largest absolute Gasteiger partial charge is 0.497 e. The normalized spacial score (nSPS) is 15.9. The first kappa shape index (κ1) is 47.1. The van der Waals surface area contributed by atoms with E-state index in [1.54, 1.807) is 32.4 Å². The van der Waals surface area contributed by atoms with Crippen LogP contribution in [0.1, 0.15) is 73.4 Å². The van der Waals surface area contributed by atoms with E-state index in [0.29, 0.717) is 70.3 Å². The van der Waals surface area contributed by atoms with Crippen LogP contribution in [0.15, 0.2) is 42.5 Å². The number of nitro groups is 1. The van der Waals surface area contributed by atoms with Crippen molar-refractivity contribution in [1.29, 1.82) is 0 Å². The molecule has 0 spiro atoms. The van der Waals surface area contributed by atoms with Crippen LogP contribution in [-0.4, -0.2) is 145 Å². The summed E-state index contributed by atoms with van der Waals surface area (Å²) >= 11 is 0. The summed E-state index contributed by atoms with van der Waals surface area (Å²) in [5, 5.41) is 11.5. The van der Waals surface area contributed by atoms with Crippen LogP contribution in [0.4, 0.5) is 5.69 Å². The Labute approximate surface area is 338 Å². The lowest BCUT2D eigenvalue weighted by atomic mass is 10.0. The van der Waals surface area contributed by atoms with Crippen molar-refractivity contribution in [2.75, 3.05) is 79.7 Å². The van der Waals surface area contributed by atoms with Crippen molar-refractivity contribution >= 4 is 23.6 Å². The molecule has 2 aromatic carbocycles. The van der Waals surface area contributed by atoms with Crippen LogP contribution in [0.25, 0.3) is 0 Å². The summed E-state index contributed by atoms with van der Waals surface area (Å²) in [4.78, 5) is 59.2.